The summed E-state index contributed by atoms with van der Waals surface area (Å²) >= 11 is 5.62. The third-order valence-corrected chi connectivity index (χ3v) is 3.49. The van der Waals surface area contributed by atoms with Crippen molar-refractivity contribution in [1.29, 1.82) is 0 Å². The minimum absolute atomic E-state index is 0.0122. The van der Waals surface area contributed by atoms with Crippen molar-refractivity contribution in [3.05, 3.63) is 53.3 Å². The summed E-state index contributed by atoms with van der Waals surface area (Å²) in [7, 11) is 1.56. The molecular weight excluding hydrogens is 365 g/mol. The summed E-state index contributed by atoms with van der Waals surface area (Å²) in [4.78, 5) is 23.3. The second kappa shape index (κ2) is 9.62. The van der Waals surface area contributed by atoms with Gasteiger partial charge in [0.25, 0.3) is 5.91 Å². The summed E-state index contributed by atoms with van der Waals surface area (Å²) in [6, 6.07) is 10.6. The Balaban J connectivity index is 1.67. The van der Waals surface area contributed by atoms with Crippen molar-refractivity contribution >= 4 is 29.2 Å². The minimum Gasteiger partial charge on any atom is -0.497 e. The van der Waals surface area contributed by atoms with Crippen LogP contribution in [-0.2, 0) is 14.3 Å². The first-order valence-corrected chi connectivity index (χ1v) is 8.03. The van der Waals surface area contributed by atoms with Gasteiger partial charge in [-0.25, -0.2) is 4.39 Å². The van der Waals surface area contributed by atoms with E-state index in [9.17, 15) is 14.0 Å². The lowest BCUT2D eigenvalue weighted by Gasteiger charge is -2.08. The zero-order chi connectivity index (χ0) is 18.9. The fourth-order valence-corrected chi connectivity index (χ4v) is 2.09. The number of hydrogen-bond acceptors (Lipinski definition) is 5. The number of rotatable bonds is 8. The lowest BCUT2D eigenvalue weighted by Crippen LogP contribution is -2.21. The summed E-state index contributed by atoms with van der Waals surface area (Å²) in [6.07, 6.45) is -0.0122. The third-order valence-electron chi connectivity index (χ3n) is 3.20. The summed E-state index contributed by atoms with van der Waals surface area (Å²) in [5.41, 5.74) is 0.306. The number of ether oxygens (including phenoxy) is 3. The van der Waals surface area contributed by atoms with Crippen molar-refractivity contribution in [3.8, 4) is 11.5 Å². The van der Waals surface area contributed by atoms with Crippen LogP contribution in [0.1, 0.15) is 6.42 Å². The van der Waals surface area contributed by atoms with E-state index in [1.165, 1.54) is 12.1 Å². The van der Waals surface area contributed by atoms with Crippen molar-refractivity contribution in [2.75, 3.05) is 25.6 Å². The maximum atomic E-state index is 13.0. The summed E-state index contributed by atoms with van der Waals surface area (Å²) in [6.45, 7) is -0.350. The number of nitrogens with one attached hydrogen (secondary N) is 1. The van der Waals surface area contributed by atoms with Gasteiger partial charge in [-0.1, -0.05) is 11.6 Å². The average molecular weight is 382 g/mol. The van der Waals surface area contributed by atoms with Crippen LogP contribution in [0.25, 0.3) is 0 Å². The molecule has 1 amide bonds. The molecule has 0 bridgehead atoms. The van der Waals surface area contributed by atoms with Crippen LogP contribution in [0.15, 0.2) is 42.5 Å². The molecule has 0 radical (unpaired) electrons. The van der Waals surface area contributed by atoms with E-state index < -0.39 is 24.3 Å². The molecule has 0 heterocycles. The Morgan fingerprint density at radius 2 is 1.81 bits per heavy atom. The lowest BCUT2D eigenvalue weighted by atomic mass is 10.3. The van der Waals surface area contributed by atoms with Crippen molar-refractivity contribution in [2.24, 2.45) is 0 Å². The Labute approximate surface area is 154 Å². The Bertz CT molecular complexity index is 767. The van der Waals surface area contributed by atoms with Gasteiger partial charge in [-0.3, -0.25) is 9.59 Å². The molecule has 2 aromatic carbocycles. The van der Waals surface area contributed by atoms with Crippen LogP contribution in [0, 0.1) is 5.82 Å². The largest absolute Gasteiger partial charge is 0.497 e. The van der Waals surface area contributed by atoms with Gasteiger partial charge in [0.2, 0.25) is 0 Å². The molecular formula is C18H17ClFNO5. The van der Waals surface area contributed by atoms with Crippen LogP contribution < -0.4 is 14.8 Å². The minimum atomic E-state index is -0.590. The summed E-state index contributed by atoms with van der Waals surface area (Å²) in [5.74, 6) is -0.439. The monoisotopic (exact) mass is 381 g/mol. The van der Waals surface area contributed by atoms with E-state index in [2.05, 4.69) is 5.32 Å². The predicted molar refractivity (Wildman–Crippen MR) is 94.1 cm³/mol. The highest BCUT2D eigenvalue weighted by Gasteiger charge is 2.09. The molecule has 138 valence electrons. The summed E-state index contributed by atoms with van der Waals surface area (Å²) in [5, 5.41) is 2.33. The van der Waals surface area contributed by atoms with Crippen molar-refractivity contribution < 1.29 is 28.2 Å². The van der Waals surface area contributed by atoms with Gasteiger partial charge >= 0.3 is 5.97 Å². The Morgan fingerprint density at radius 1 is 1.12 bits per heavy atom. The highest BCUT2D eigenvalue weighted by molar-refractivity contribution is 6.31. The van der Waals surface area contributed by atoms with E-state index in [1.807, 2.05) is 0 Å². The number of hydrogen-bond donors (Lipinski definition) is 1. The molecule has 0 aromatic heterocycles. The van der Waals surface area contributed by atoms with Crippen molar-refractivity contribution in [3.63, 3.8) is 0 Å². The van der Waals surface area contributed by atoms with Gasteiger partial charge in [0.05, 0.1) is 25.2 Å². The molecule has 0 saturated carbocycles. The quantitative estimate of drug-likeness (QED) is 0.709. The predicted octanol–water partition coefficient (Wildman–Crippen LogP) is 3.44. The van der Waals surface area contributed by atoms with Gasteiger partial charge in [0, 0.05) is 5.69 Å². The van der Waals surface area contributed by atoms with Crippen LogP contribution >= 0.6 is 11.6 Å². The van der Waals surface area contributed by atoms with Gasteiger partial charge in [-0.05, 0) is 42.5 Å². The second-order valence-electron chi connectivity index (χ2n) is 5.11. The van der Waals surface area contributed by atoms with E-state index in [-0.39, 0.29) is 18.1 Å². The zero-order valence-electron chi connectivity index (χ0n) is 14.0. The lowest BCUT2D eigenvalue weighted by molar-refractivity contribution is -0.147. The molecule has 6 nitrogen and oxygen atoms in total. The molecule has 0 saturated heterocycles. The maximum Gasteiger partial charge on any atom is 0.309 e. The number of carbonyl (C=O) groups is 2. The van der Waals surface area contributed by atoms with E-state index in [0.29, 0.717) is 17.2 Å². The SMILES string of the molecule is COc1ccc(OCCC(=O)OCC(=O)Nc2ccc(F)c(Cl)c2)cc1. The highest BCUT2D eigenvalue weighted by Crippen LogP contribution is 2.19. The first-order chi connectivity index (χ1) is 12.5. The average Bonchev–Trinajstić information content (AvgIpc) is 2.63. The van der Waals surface area contributed by atoms with E-state index in [4.69, 9.17) is 25.8 Å². The number of carbonyl (C=O) groups excluding carboxylic acids is 2. The van der Waals surface area contributed by atoms with E-state index in [0.717, 1.165) is 6.07 Å². The zero-order valence-corrected chi connectivity index (χ0v) is 14.7. The molecule has 8 heteroatoms. The molecule has 0 unspecified atom stereocenters. The molecule has 2 aromatic rings. The molecule has 0 aliphatic heterocycles. The van der Waals surface area contributed by atoms with Gasteiger partial charge < -0.3 is 19.5 Å². The Kier molecular flexibility index (Phi) is 7.23. The van der Waals surface area contributed by atoms with Gasteiger partial charge in [-0.2, -0.15) is 0 Å². The standard InChI is InChI=1S/C18H17ClFNO5/c1-24-13-3-5-14(6-4-13)25-9-8-18(23)26-11-17(22)21-12-2-7-16(20)15(19)10-12/h2-7,10H,8-9,11H2,1H3,(H,21,22). The van der Waals surface area contributed by atoms with E-state index >= 15 is 0 Å². The topological polar surface area (TPSA) is 73.9 Å². The van der Waals surface area contributed by atoms with Crippen LogP contribution in [-0.4, -0.2) is 32.2 Å². The first-order valence-electron chi connectivity index (χ1n) is 7.65. The molecule has 1 N–H and O–H groups in total. The molecule has 0 fully saturated rings. The first kappa shape index (κ1) is 19.5. The maximum absolute atomic E-state index is 13.0. The normalized spacial score (nSPS) is 10.1. The number of methoxy groups -OCH3 is 1. The molecule has 26 heavy (non-hydrogen) atoms. The molecule has 0 aliphatic carbocycles. The van der Waals surface area contributed by atoms with Crippen LogP contribution in [0.4, 0.5) is 10.1 Å². The summed E-state index contributed by atoms with van der Waals surface area (Å²) < 4.78 is 28.3. The van der Waals surface area contributed by atoms with Crippen LogP contribution in [0.2, 0.25) is 5.02 Å². The fourth-order valence-electron chi connectivity index (χ4n) is 1.91. The van der Waals surface area contributed by atoms with Crippen molar-refractivity contribution in [2.45, 2.75) is 6.42 Å². The Morgan fingerprint density at radius 3 is 2.46 bits per heavy atom. The molecule has 0 spiro atoms. The van der Waals surface area contributed by atoms with Gasteiger partial charge in [0.15, 0.2) is 6.61 Å². The molecule has 0 atom stereocenters. The van der Waals surface area contributed by atoms with Gasteiger partial charge in [0.1, 0.15) is 17.3 Å². The number of benzene rings is 2. The van der Waals surface area contributed by atoms with E-state index in [1.54, 1.807) is 31.4 Å². The van der Waals surface area contributed by atoms with Crippen LogP contribution in [0.3, 0.4) is 0 Å². The number of anilines is 1. The highest BCUT2D eigenvalue weighted by atomic mass is 35.5. The number of amides is 1. The number of halogens is 2. The Hall–Kier alpha value is -2.80. The molecule has 2 rings (SSSR count). The number of esters is 1. The van der Waals surface area contributed by atoms with Gasteiger partial charge in [-0.15, -0.1) is 0 Å². The van der Waals surface area contributed by atoms with Crippen LogP contribution in [0.5, 0.6) is 11.5 Å². The smallest absolute Gasteiger partial charge is 0.309 e. The second-order valence-corrected chi connectivity index (χ2v) is 5.52. The fraction of sp³-hybridized carbons (Fsp3) is 0.222. The van der Waals surface area contributed by atoms with Crippen molar-refractivity contribution in [1.82, 2.24) is 0 Å². The molecule has 0 aliphatic rings. The third kappa shape index (κ3) is 6.25.